The van der Waals surface area contributed by atoms with Gasteiger partial charge in [-0.05, 0) is 54.2 Å². The van der Waals surface area contributed by atoms with Crippen LogP contribution < -0.4 is 4.74 Å². The van der Waals surface area contributed by atoms with Crippen LogP contribution in [-0.2, 0) is 0 Å². The molecule has 0 aliphatic heterocycles. The Kier molecular flexibility index (Phi) is 6.02. The summed E-state index contributed by atoms with van der Waals surface area (Å²) in [5.74, 6) is 0.924. The van der Waals surface area contributed by atoms with Crippen molar-refractivity contribution in [2.24, 2.45) is 0 Å². The highest BCUT2D eigenvalue weighted by atomic mass is 127. The van der Waals surface area contributed by atoms with Gasteiger partial charge in [-0.25, -0.2) is 0 Å². The maximum Gasteiger partial charge on any atom is 0.141 e. The van der Waals surface area contributed by atoms with Crippen LogP contribution in [-0.4, -0.2) is 25.5 Å². The molecule has 0 fully saturated rings. The third kappa shape index (κ3) is 4.04. The molecule has 1 heterocycles. The summed E-state index contributed by atoms with van der Waals surface area (Å²) in [4.78, 5) is 3.45. The lowest BCUT2D eigenvalue weighted by atomic mass is 10.1. The Morgan fingerprint density at radius 1 is 1.17 bits per heavy atom. The van der Waals surface area contributed by atoms with Gasteiger partial charge in [0.2, 0.25) is 0 Å². The first-order chi connectivity index (χ1) is 11.6. The molecule has 1 unspecified atom stereocenters. The van der Waals surface area contributed by atoms with E-state index in [4.69, 9.17) is 16.3 Å². The van der Waals surface area contributed by atoms with Crippen molar-refractivity contribution in [2.75, 3.05) is 20.6 Å². The number of nitrogens with zero attached hydrogens (tertiary/aromatic N) is 1. The molecule has 1 atom stereocenters. The fraction of sp³-hybridized carbons (Fsp3) is 0.263. The number of benzene rings is 2. The van der Waals surface area contributed by atoms with Crippen LogP contribution in [0, 0.1) is 3.57 Å². The van der Waals surface area contributed by atoms with Crippen molar-refractivity contribution in [3.63, 3.8) is 0 Å². The van der Waals surface area contributed by atoms with Gasteiger partial charge in [-0.15, -0.1) is 11.3 Å². The Labute approximate surface area is 165 Å². The van der Waals surface area contributed by atoms with Crippen molar-refractivity contribution < 1.29 is 4.74 Å². The number of halogens is 2. The summed E-state index contributed by atoms with van der Waals surface area (Å²) < 4.78 is 7.57. The Hall–Kier alpha value is -0.820. The number of hydrogen-bond acceptors (Lipinski definition) is 3. The minimum atomic E-state index is 0.0468. The second kappa shape index (κ2) is 8.04. The monoisotopic (exact) mass is 471 g/mol. The smallest absolute Gasteiger partial charge is 0.141 e. The highest BCUT2D eigenvalue weighted by Gasteiger charge is 2.19. The third-order valence-electron chi connectivity index (χ3n) is 3.86. The van der Waals surface area contributed by atoms with Crippen LogP contribution in [0.5, 0.6) is 5.75 Å². The molecule has 2 nitrogen and oxygen atoms in total. The van der Waals surface area contributed by atoms with Gasteiger partial charge in [-0.2, -0.15) is 0 Å². The average molecular weight is 472 g/mol. The van der Waals surface area contributed by atoms with Gasteiger partial charge < -0.3 is 9.64 Å². The zero-order valence-electron chi connectivity index (χ0n) is 13.6. The van der Waals surface area contributed by atoms with E-state index >= 15 is 0 Å². The Bertz CT molecular complexity index is 820. The minimum Gasteiger partial charge on any atom is -0.483 e. The van der Waals surface area contributed by atoms with E-state index in [0.29, 0.717) is 0 Å². The average Bonchev–Trinajstić information content (AvgIpc) is 3.08. The molecule has 0 saturated heterocycles. The van der Waals surface area contributed by atoms with Gasteiger partial charge in [0.1, 0.15) is 11.9 Å². The minimum absolute atomic E-state index is 0.0468. The van der Waals surface area contributed by atoms with E-state index in [0.717, 1.165) is 38.1 Å². The van der Waals surface area contributed by atoms with Crippen LogP contribution in [0.4, 0.5) is 0 Å². The van der Waals surface area contributed by atoms with E-state index in [1.165, 1.54) is 4.88 Å². The Balaban J connectivity index is 1.99. The third-order valence-corrected chi connectivity index (χ3v) is 5.94. The predicted molar refractivity (Wildman–Crippen MR) is 113 cm³/mol. The molecule has 24 heavy (non-hydrogen) atoms. The van der Waals surface area contributed by atoms with Crippen molar-refractivity contribution in [1.29, 1.82) is 0 Å². The molecule has 5 heteroatoms. The summed E-state index contributed by atoms with van der Waals surface area (Å²) in [5.41, 5.74) is 0. The molecule has 126 valence electrons. The molecule has 1 aromatic heterocycles. The predicted octanol–water partition coefficient (Wildman–Crippen LogP) is 6.23. The highest BCUT2D eigenvalue weighted by Crippen LogP contribution is 2.39. The van der Waals surface area contributed by atoms with Gasteiger partial charge in [0.25, 0.3) is 0 Å². The fourth-order valence-electron chi connectivity index (χ4n) is 2.64. The van der Waals surface area contributed by atoms with Crippen molar-refractivity contribution in [1.82, 2.24) is 4.90 Å². The van der Waals surface area contributed by atoms with Crippen molar-refractivity contribution >= 4 is 56.3 Å². The topological polar surface area (TPSA) is 12.5 Å². The normalized spacial score (nSPS) is 12.7. The summed E-state index contributed by atoms with van der Waals surface area (Å²) in [7, 11) is 4.18. The zero-order valence-corrected chi connectivity index (χ0v) is 17.4. The lowest BCUT2D eigenvalue weighted by Crippen LogP contribution is -2.18. The van der Waals surface area contributed by atoms with Gasteiger partial charge in [0.15, 0.2) is 0 Å². The first kappa shape index (κ1) is 18.0. The standard InChI is InChI=1S/C19H19ClINOS/c1-22(2)10-9-17(18-8-5-11-24-18)23-19-14-7-4-3-6-13(14)15(20)12-16(19)21/h3-8,11-12,17H,9-10H2,1-2H3. The molecular formula is C19H19ClINOS. The number of rotatable bonds is 6. The lowest BCUT2D eigenvalue weighted by Gasteiger charge is -2.22. The highest BCUT2D eigenvalue weighted by molar-refractivity contribution is 14.1. The second-order valence-electron chi connectivity index (χ2n) is 5.93. The van der Waals surface area contributed by atoms with E-state index in [1.54, 1.807) is 11.3 Å². The molecule has 2 aromatic carbocycles. The summed E-state index contributed by atoms with van der Waals surface area (Å²) in [6.45, 7) is 0.977. The van der Waals surface area contributed by atoms with Crippen molar-refractivity contribution in [2.45, 2.75) is 12.5 Å². The van der Waals surface area contributed by atoms with Crippen LogP contribution in [0.2, 0.25) is 5.02 Å². The fourth-order valence-corrected chi connectivity index (χ4v) is 4.62. The molecule has 0 N–H and O–H groups in total. The molecule has 0 radical (unpaired) electrons. The lowest BCUT2D eigenvalue weighted by molar-refractivity contribution is 0.184. The van der Waals surface area contributed by atoms with Crippen LogP contribution in [0.3, 0.4) is 0 Å². The molecular weight excluding hydrogens is 453 g/mol. The zero-order chi connectivity index (χ0) is 17.1. The largest absolute Gasteiger partial charge is 0.483 e. The molecule has 0 spiro atoms. The maximum atomic E-state index is 6.53. The van der Waals surface area contributed by atoms with Crippen LogP contribution >= 0.6 is 45.5 Å². The van der Waals surface area contributed by atoms with E-state index in [2.05, 4.69) is 65.2 Å². The molecule has 0 bridgehead atoms. The molecule has 0 aliphatic rings. The molecule has 0 aliphatic carbocycles. The summed E-state index contributed by atoms with van der Waals surface area (Å²) in [5, 5.41) is 4.97. The van der Waals surface area contributed by atoms with Gasteiger partial charge in [0, 0.05) is 33.6 Å². The van der Waals surface area contributed by atoms with E-state index in [9.17, 15) is 0 Å². The van der Waals surface area contributed by atoms with Gasteiger partial charge in [-0.1, -0.05) is 41.9 Å². The SMILES string of the molecule is CN(C)CCC(Oc1c(I)cc(Cl)c2ccccc12)c1cccs1. The van der Waals surface area contributed by atoms with Crippen LogP contribution in [0.1, 0.15) is 17.4 Å². The Morgan fingerprint density at radius 3 is 2.58 bits per heavy atom. The van der Waals surface area contributed by atoms with Gasteiger partial charge >= 0.3 is 0 Å². The number of fused-ring (bicyclic) bond motifs is 1. The van der Waals surface area contributed by atoms with Crippen molar-refractivity contribution in [3.05, 3.63) is 61.3 Å². The molecule has 3 aromatic rings. The van der Waals surface area contributed by atoms with E-state index in [1.807, 2.05) is 24.3 Å². The van der Waals surface area contributed by atoms with Gasteiger partial charge in [-0.3, -0.25) is 0 Å². The summed E-state index contributed by atoms with van der Waals surface area (Å²) >= 11 is 10.5. The van der Waals surface area contributed by atoms with Crippen LogP contribution in [0.15, 0.2) is 47.8 Å². The maximum absolute atomic E-state index is 6.53. The van der Waals surface area contributed by atoms with E-state index in [-0.39, 0.29) is 6.10 Å². The number of thiophene rings is 1. The van der Waals surface area contributed by atoms with Gasteiger partial charge in [0.05, 0.1) is 3.57 Å². The molecule has 3 rings (SSSR count). The van der Waals surface area contributed by atoms with Crippen LogP contribution in [0.25, 0.3) is 10.8 Å². The molecule has 0 saturated carbocycles. The number of hydrogen-bond donors (Lipinski definition) is 0. The first-order valence-corrected chi connectivity index (χ1v) is 10.1. The summed E-state index contributed by atoms with van der Waals surface area (Å²) in [6.07, 6.45) is 0.992. The number of ether oxygens (including phenoxy) is 1. The second-order valence-corrected chi connectivity index (χ2v) is 8.48. The van der Waals surface area contributed by atoms with E-state index < -0.39 is 0 Å². The molecule has 0 amide bonds. The Morgan fingerprint density at radius 2 is 1.92 bits per heavy atom. The quantitative estimate of drug-likeness (QED) is 0.395. The van der Waals surface area contributed by atoms with Crippen molar-refractivity contribution in [3.8, 4) is 5.75 Å². The summed E-state index contributed by atoms with van der Waals surface area (Å²) in [6, 6.07) is 14.4. The first-order valence-electron chi connectivity index (χ1n) is 7.78.